The van der Waals surface area contributed by atoms with E-state index in [1.54, 1.807) is 36.8 Å². The average Bonchev–Trinajstić information content (AvgIpc) is 3.33. The lowest BCUT2D eigenvalue weighted by Crippen LogP contribution is -2.15. The van der Waals surface area contributed by atoms with Gasteiger partial charge in [0.05, 0.1) is 29.8 Å². The molecule has 0 fully saturated rings. The maximum absolute atomic E-state index is 13.5. The highest BCUT2D eigenvalue weighted by molar-refractivity contribution is 6.17. The van der Waals surface area contributed by atoms with Crippen LogP contribution < -0.4 is 10.1 Å². The summed E-state index contributed by atoms with van der Waals surface area (Å²) in [5.41, 5.74) is 4.62. The molecule has 4 aromatic rings. The highest BCUT2D eigenvalue weighted by Gasteiger charge is 2.21. The molecule has 1 aliphatic rings. The maximum Gasteiger partial charge on any atom is 0.230 e. The molecular weight excluding hydrogens is 433 g/mol. The van der Waals surface area contributed by atoms with E-state index in [0.717, 1.165) is 11.3 Å². The number of imidazole rings is 1. The van der Waals surface area contributed by atoms with Crippen molar-refractivity contribution >= 4 is 23.0 Å². The summed E-state index contributed by atoms with van der Waals surface area (Å²) in [7, 11) is 0. The zero-order chi connectivity index (χ0) is 23.5. The summed E-state index contributed by atoms with van der Waals surface area (Å²) in [6.07, 6.45) is 5.32. The van der Waals surface area contributed by atoms with E-state index in [4.69, 9.17) is 15.0 Å². The third-order valence-electron chi connectivity index (χ3n) is 5.38. The number of anilines is 1. The highest BCUT2D eigenvalue weighted by Crippen LogP contribution is 2.40. The number of nitrogens with zero attached hydrogens (tertiary/aromatic N) is 4. The normalized spacial score (nSPS) is 12.7. The molecule has 1 N–H and O–H groups in total. The Hall–Kier alpha value is -4.77. The largest absolute Gasteiger partial charge is 0.478 e. The van der Waals surface area contributed by atoms with E-state index in [-0.39, 0.29) is 24.8 Å². The Bertz CT molecular complexity index is 1440. The lowest BCUT2D eigenvalue weighted by atomic mass is 10.0. The van der Waals surface area contributed by atoms with E-state index < -0.39 is 0 Å². The van der Waals surface area contributed by atoms with Gasteiger partial charge in [-0.25, -0.2) is 14.4 Å². The van der Waals surface area contributed by atoms with Crippen molar-refractivity contribution < 1.29 is 13.9 Å². The number of carbonyl (C=O) groups excluding carboxylic acids is 1. The Morgan fingerprint density at radius 2 is 1.97 bits per heavy atom. The van der Waals surface area contributed by atoms with E-state index in [2.05, 4.69) is 10.3 Å². The fourth-order valence-electron chi connectivity index (χ4n) is 3.80. The molecule has 5 rings (SSSR count). The van der Waals surface area contributed by atoms with Crippen LogP contribution in [-0.2, 0) is 4.79 Å². The van der Waals surface area contributed by atoms with Gasteiger partial charge in [-0.05, 0) is 41.5 Å². The molecule has 7 nitrogen and oxygen atoms in total. The molecule has 8 heteroatoms. The molecule has 0 spiro atoms. The smallest absolute Gasteiger partial charge is 0.230 e. The van der Waals surface area contributed by atoms with Crippen molar-refractivity contribution in [3.8, 4) is 28.6 Å². The number of rotatable bonds is 5. The molecule has 1 aliphatic heterocycles. The number of fused-ring (bicyclic) bond motifs is 1. The molecule has 1 amide bonds. The Labute approximate surface area is 194 Å². The number of hydrogen-bond donors (Lipinski definition) is 1. The molecule has 0 unspecified atom stereocenters. The van der Waals surface area contributed by atoms with E-state index in [1.165, 1.54) is 12.1 Å². The zero-order valence-electron chi connectivity index (χ0n) is 17.9. The summed E-state index contributed by atoms with van der Waals surface area (Å²) in [6.45, 7) is -0.164. The predicted octanol–water partition coefficient (Wildman–Crippen LogP) is 5.04. The van der Waals surface area contributed by atoms with Crippen LogP contribution in [-0.4, -0.2) is 27.8 Å². The van der Waals surface area contributed by atoms with Gasteiger partial charge in [0.15, 0.2) is 6.61 Å². The third-order valence-corrected chi connectivity index (χ3v) is 5.38. The molecular formula is C26H18FN5O2. The van der Waals surface area contributed by atoms with Crippen LogP contribution in [0.2, 0.25) is 0 Å². The molecule has 3 aromatic carbocycles. The van der Waals surface area contributed by atoms with Crippen molar-refractivity contribution in [2.45, 2.75) is 6.42 Å². The van der Waals surface area contributed by atoms with E-state index >= 15 is 0 Å². The SMILES string of the molecule is N#CCOc1cc2c(cc1-c1ccc(F)cc1)NC(=O)CC(c1cccc(-n3ccnc3)c1)=N2. The van der Waals surface area contributed by atoms with Crippen LogP contribution in [0.15, 0.2) is 84.4 Å². The molecule has 166 valence electrons. The summed E-state index contributed by atoms with van der Waals surface area (Å²) < 4.78 is 21.0. The molecule has 0 atom stereocenters. The Kier molecular flexibility index (Phi) is 5.58. The molecule has 0 saturated heterocycles. The van der Waals surface area contributed by atoms with Crippen LogP contribution in [0.5, 0.6) is 5.75 Å². The van der Waals surface area contributed by atoms with Crippen molar-refractivity contribution in [1.29, 1.82) is 5.26 Å². The van der Waals surface area contributed by atoms with Gasteiger partial charge >= 0.3 is 0 Å². The number of hydrogen-bond acceptors (Lipinski definition) is 5. The minimum atomic E-state index is -0.363. The van der Waals surface area contributed by atoms with Gasteiger partial charge in [-0.1, -0.05) is 24.3 Å². The van der Waals surface area contributed by atoms with Crippen LogP contribution in [0.1, 0.15) is 12.0 Å². The average molecular weight is 451 g/mol. The number of halogens is 1. The topological polar surface area (TPSA) is 92.3 Å². The minimum Gasteiger partial charge on any atom is -0.478 e. The standard InChI is InChI=1S/C26H18FN5O2/c27-19-6-4-17(5-7-19)21-13-23-24(14-25(21)34-11-8-28)30-22(15-26(33)31-23)18-2-1-3-20(12-18)32-10-9-29-16-32/h1-7,9-10,12-14,16H,11,15H2,(H,31,33). The first-order chi connectivity index (χ1) is 16.6. The lowest BCUT2D eigenvalue weighted by molar-refractivity contribution is -0.115. The summed E-state index contributed by atoms with van der Waals surface area (Å²) >= 11 is 0. The molecule has 0 bridgehead atoms. The van der Waals surface area contributed by atoms with Gasteiger partial charge in [0.1, 0.15) is 17.6 Å². The summed E-state index contributed by atoms with van der Waals surface area (Å²) in [5, 5.41) is 11.9. The van der Waals surface area contributed by atoms with E-state index in [0.29, 0.717) is 34.0 Å². The van der Waals surface area contributed by atoms with Gasteiger partial charge in [0, 0.05) is 29.7 Å². The van der Waals surface area contributed by atoms with Crippen LogP contribution in [0, 0.1) is 17.1 Å². The van der Waals surface area contributed by atoms with Crippen molar-refractivity contribution in [1.82, 2.24) is 9.55 Å². The number of amides is 1. The van der Waals surface area contributed by atoms with Gasteiger partial charge in [-0.15, -0.1) is 0 Å². The summed E-state index contributed by atoms with van der Waals surface area (Å²) in [6, 6.07) is 19.0. The van der Waals surface area contributed by atoms with Crippen LogP contribution >= 0.6 is 0 Å². The molecule has 0 radical (unpaired) electrons. The quantitative estimate of drug-likeness (QED) is 0.460. The minimum absolute atomic E-state index is 0.0856. The van der Waals surface area contributed by atoms with Crippen molar-refractivity contribution in [2.24, 2.45) is 4.99 Å². The van der Waals surface area contributed by atoms with Crippen molar-refractivity contribution in [2.75, 3.05) is 11.9 Å². The second-order valence-corrected chi connectivity index (χ2v) is 7.62. The third kappa shape index (κ3) is 4.27. The van der Waals surface area contributed by atoms with Gasteiger partial charge in [0.2, 0.25) is 5.91 Å². The van der Waals surface area contributed by atoms with Crippen molar-refractivity contribution in [3.63, 3.8) is 0 Å². The molecule has 0 aliphatic carbocycles. The first kappa shape index (κ1) is 21.1. The number of aromatic nitrogens is 2. The number of nitrogens with one attached hydrogen (secondary N) is 1. The van der Waals surface area contributed by atoms with Crippen LogP contribution in [0.3, 0.4) is 0 Å². The molecule has 34 heavy (non-hydrogen) atoms. The number of benzene rings is 3. The van der Waals surface area contributed by atoms with Gasteiger partial charge < -0.3 is 14.6 Å². The first-order valence-electron chi connectivity index (χ1n) is 10.5. The number of nitriles is 1. The highest BCUT2D eigenvalue weighted by atomic mass is 19.1. The molecule has 0 saturated carbocycles. The van der Waals surface area contributed by atoms with Crippen LogP contribution in [0.4, 0.5) is 15.8 Å². The van der Waals surface area contributed by atoms with Crippen LogP contribution in [0.25, 0.3) is 16.8 Å². The van der Waals surface area contributed by atoms with E-state index in [9.17, 15) is 9.18 Å². The first-order valence-corrected chi connectivity index (χ1v) is 10.5. The van der Waals surface area contributed by atoms with Gasteiger partial charge in [-0.2, -0.15) is 5.26 Å². The van der Waals surface area contributed by atoms with Gasteiger partial charge in [0.25, 0.3) is 0 Å². The maximum atomic E-state index is 13.5. The monoisotopic (exact) mass is 451 g/mol. The second-order valence-electron chi connectivity index (χ2n) is 7.62. The fourth-order valence-corrected chi connectivity index (χ4v) is 3.80. The molecule has 1 aromatic heterocycles. The molecule has 2 heterocycles. The number of aliphatic imine (C=N–C) groups is 1. The fraction of sp³-hybridized carbons (Fsp3) is 0.0769. The Balaban J connectivity index is 1.61. The number of ether oxygens (including phenoxy) is 1. The summed E-state index contributed by atoms with van der Waals surface area (Å²) in [5.74, 6) is -0.155. The van der Waals surface area contributed by atoms with Gasteiger partial charge in [-0.3, -0.25) is 4.79 Å². The Morgan fingerprint density at radius 1 is 1.12 bits per heavy atom. The predicted molar refractivity (Wildman–Crippen MR) is 126 cm³/mol. The summed E-state index contributed by atoms with van der Waals surface area (Å²) in [4.78, 5) is 21.6. The van der Waals surface area contributed by atoms with E-state index in [1.807, 2.05) is 41.1 Å². The lowest BCUT2D eigenvalue weighted by Gasteiger charge is -2.14. The second kappa shape index (κ2) is 9.00. The zero-order valence-corrected chi connectivity index (χ0v) is 17.9. The Morgan fingerprint density at radius 3 is 2.74 bits per heavy atom. The number of carbonyl (C=O) groups is 1. The van der Waals surface area contributed by atoms with Crippen molar-refractivity contribution in [3.05, 3.63) is 90.8 Å².